The fourth-order valence-corrected chi connectivity index (χ4v) is 2.47. The van der Waals surface area contributed by atoms with Crippen molar-refractivity contribution in [3.05, 3.63) is 65.5 Å². The van der Waals surface area contributed by atoms with Gasteiger partial charge in [0.2, 0.25) is 5.91 Å². The number of likely N-dealkylation sites (N-methyl/N-ethyl adjacent to an activating group) is 1. The summed E-state index contributed by atoms with van der Waals surface area (Å²) in [6.07, 6.45) is 0. The second-order valence-electron chi connectivity index (χ2n) is 6.36. The van der Waals surface area contributed by atoms with Crippen molar-refractivity contribution in [2.75, 3.05) is 33.0 Å². The van der Waals surface area contributed by atoms with Gasteiger partial charge in [-0.15, -0.1) is 24.0 Å². The summed E-state index contributed by atoms with van der Waals surface area (Å²) in [5, 5.41) is 9.14. The van der Waals surface area contributed by atoms with Gasteiger partial charge in [0.1, 0.15) is 5.82 Å². The Bertz CT molecular complexity index is 798. The van der Waals surface area contributed by atoms with E-state index in [1.807, 2.05) is 43.3 Å². The van der Waals surface area contributed by atoms with Gasteiger partial charge in [0.25, 0.3) is 0 Å². The van der Waals surface area contributed by atoms with Crippen molar-refractivity contribution in [2.24, 2.45) is 4.99 Å². The average Bonchev–Trinajstić information content (AvgIpc) is 2.62. The first-order valence-corrected chi connectivity index (χ1v) is 8.69. The van der Waals surface area contributed by atoms with Gasteiger partial charge in [-0.3, -0.25) is 9.79 Å². The quantitative estimate of drug-likeness (QED) is 0.312. The lowest BCUT2D eigenvalue weighted by atomic mass is 10.2. The maximum Gasteiger partial charge on any atom is 0.238 e. The monoisotopic (exact) mass is 499 g/mol. The number of nitrogens with zero attached hydrogens (tertiary/aromatic N) is 2. The van der Waals surface area contributed by atoms with E-state index >= 15 is 0 Å². The smallest absolute Gasteiger partial charge is 0.238 e. The Balaban J connectivity index is 0.00000392. The Morgan fingerprint density at radius 1 is 1.07 bits per heavy atom. The third kappa shape index (κ3) is 8.22. The highest BCUT2D eigenvalue weighted by Gasteiger charge is 2.05. The van der Waals surface area contributed by atoms with Crippen molar-refractivity contribution >= 4 is 41.5 Å². The van der Waals surface area contributed by atoms with Crippen LogP contribution in [0.25, 0.3) is 0 Å². The van der Waals surface area contributed by atoms with Crippen molar-refractivity contribution in [2.45, 2.75) is 13.1 Å². The highest BCUT2D eigenvalue weighted by Crippen LogP contribution is 2.10. The van der Waals surface area contributed by atoms with Crippen LogP contribution >= 0.6 is 24.0 Å². The lowest BCUT2D eigenvalue weighted by Crippen LogP contribution is -2.36. The summed E-state index contributed by atoms with van der Waals surface area (Å²) in [6, 6.07) is 14.2. The average molecular weight is 499 g/mol. The largest absolute Gasteiger partial charge is 0.352 e. The molecule has 0 unspecified atom stereocenters. The first kappa shape index (κ1) is 23.8. The van der Waals surface area contributed by atoms with E-state index in [1.165, 1.54) is 6.07 Å². The molecule has 0 atom stereocenters. The SMILES string of the molecule is CN=C(NCc1cccc(NC(=O)CN(C)C)c1)NCc1ccccc1F.I. The number of amides is 1. The van der Waals surface area contributed by atoms with Gasteiger partial charge in [-0.2, -0.15) is 0 Å². The van der Waals surface area contributed by atoms with Crippen molar-refractivity contribution in [1.29, 1.82) is 0 Å². The van der Waals surface area contributed by atoms with Crippen LogP contribution in [0.1, 0.15) is 11.1 Å². The number of halogens is 2. The summed E-state index contributed by atoms with van der Waals surface area (Å²) in [7, 11) is 5.36. The summed E-state index contributed by atoms with van der Waals surface area (Å²) in [5.74, 6) is 0.259. The van der Waals surface area contributed by atoms with Gasteiger partial charge in [0.15, 0.2) is 5.96 Å². The number of hydrogen-bond donors (Lipinski definition) is 3. The molecular weight excluding hydrogens is 472 g/mol. The number of carbonyl (C=O) groups excluding carboxylic acids is 1. The van der Waals surface area contributed by atoms with Crippen LogP contribution in [0.5, 0.6) is 0 Å². The van der Waals surface area contributed by atoms with Crippen LogP contribution in [-0.2, 0) is 17.9 Å². The minimum absolute atomic E-state index is 0. The Morgan fingerprint density at radius 3 is 2.46 bits per heavy atom. The van der Waals surface area contributed by atoms with Gasteiger partial charge >= 0.3 is 0 Å². The van der Waals surface area contributed by atoms with Crippen molar-refractivity contribution in [3.63, 3.8) is 0 Å². The summed E-state index contributed by atoms with van der Waals surface area (Å²) < 4.78 is 13.7. The van der Waals surface area contributed by atoms with Crippen LogP contribution in [0.15, 0.2) is 53.5 Å². The normalized spacial score (nSPS) is 11.0. The molecule has 0 bridgehead atoms. The minimum Gasteiger partial charge on any atom is -0.352 e. The van der Waals surface area contributed by atoms with Crippen LogP contribution in [0.3, 0.4) is 0 Å². The lowest BCUT2D eigenvalue weighted by molar-refractivity contribution is -0.116. The predicted molar refractivity (Wildman–Crippen MR) is 122 cm³/mol. The Kier molecular flexibility index (Phi) is 10.5. The molecule has 0 aliphatic heterocycles. The number of nitrogens with one attached hydrogen (secondary N) is 3. The van der Waals surface area contributed by atoms with Crippen molar-refractivity contribution < 1.29 is 9.18 Å². The molecule has 6 nitrogen and oxygen atoms in total. The zero-order valence-corrected chi connectivity index (χ0v) is 18.7. The third-order valence-electron chi connectivity index (χ3n) is 3.76. The van der Waals surface area contributed by atoms with E-state index in [4.69, 9.17) is 0 Å². The van der Waals surface area contributed by atoms with Crippen LogP contribution in [-0.4, -0.2) is 44.5 Å². The van der Waals surface area contributed by atoms with Crippen LogP contribution < -0.4 is 16.0 Å². The standard InChI is InChI=1S/C20H26FN5O.HI/c1-22-20(24-13-16-8-4-5-10-18(16)21)23-12-15-7-6-9-17(11-15)25-19(27)14-26(2)3;/h4-11H,12-14H2,1-3H3,(H,25,27)(H2,22,23,24);1H. The molecular formula is C20H27FIN5O. The molecule has 0 fully saturated rings. The van der Waals surface area contributed by atoms with Gasteiger partial charge in [0.05, 0.1) is 6.54 Å². The zero-order chi connectivity index (χ0) is 19.6. The molecule has 2 rings (SSSR count). The van der Waals surface area contributed by atoms with Gasteiger partial charge in [-0.25, -0.2) is 4.39 Å². The van der Waals surface area contributed by atoms with E-state index < -0.39 is 0 Å². The number of hydrogen-bond acceptors (Lipinski definition) is 3. The van der Waals surface area contributed by atoms with E-state index in [-0.39, 0.29) is 35.7 Å². The van der Waals surface area contributed by atoms with E-state index in [9.17, 15) is 9.18 Å². The first-order valence-electron chi connectivity index (χ1n) is 8.69. The highest BCUT2D eigenvalue weighted by atomic mass is 127. The second-order valence-corrected chi connectivity index (χ2v) is 6.36. The van der Waals surface area contributed by atoms with E-state index in [0.29, 0.717) is 31.2 Å². The molecule has 8 heteroatoms. The fraction of sp³-hybridized carbons (Fsp3) is 0.300. The van der Waals surface area contributed by atoms with Gasteiger partial charge < -0.3 is 20.9 Å². The molecule has 0 saturated heterocycles. The van der Waals surface area contributed by atoms with Gasteiger partial charge in [-0.1, -0.05) is 30.3 Å². The lowest BCUT2D eigenvalue weighted by Gasteiger charge is -2.14. The van der Waals surface area contributed by atoms with Gasteiger partial charge in [0, 0.05) is 31.4 Å². The molecule has 0 saturated carbocycles. The highest BCUT2D eigenvalue weighted by molar-refractivity contribution is 14.0. The number of benzene rings is 2. The summed E-state index contributed by atoms with van der Waals surface area (Å²) >= 11 is 0. The first-order chi connectivity index (χ1) is 13.0. The Morgan fingerprint density at radius 2 is 1.79 bits per heavy atom. The molecule has 2 aromatic carbocycles. The molecule has 0 radical (unpaired) electrons. The fourth-order valence-electron chi connectivity index (χ4n) is 2.47. The molecule has 1 amide bonds. The molecule has 0 spiro atoms. The second kappa shape index (κ2) is 12.3. The molecule has 0 heterocycles. The van der Waals surface area contributed by atoms with E-state index in [2.05, 4.69) is 20.9 Å². The molecule has 3 N–H and O–H groups in total. The summed E-state index contributed by atoms with van der Waals surface area (Å²) in [4.78, 5) is 17.8. The van der Waals surface area contributed by atoms with Crippen molar-refractivity contribution in [1.82, 2.24) is 15.5 Å². The van der Waals surface area contributed by atoms with E-state index in [1.54, 1.807) is 25.2 Å². The van der Waals surface area contributed by atoms with E-state index in [0.717, 1.165) is 11.3 Å². The number of carbonyl (C=O) groups is 1. The van der Waals surface area contributed by atoms with Crippen LogP contribution in [0, 0.1) is 5.82 Å². The Labute approximate surface area is 182 Å². The maximum absolute atomic E-state index is 13.7. The molecule has 0 aliphatic carbocycles. The third-order valence-corrected chi connectivity index (χ3v) is 3.76. The number of guanidine groups is 1. The number of aliphatic imine (C=N–C) groups is 1. The van der Waals surface area contributed by atoms with Gasteiger partial charge in [-0.05, 0) is 37.9 Å². The van der Waals surface area contributed by atoms with Crippen molar-refractivity contribution in [3.8, 4) is 0 Å². The maximum atomic E-state index is 13.7. The van der Waals surface area contributed by atoms with Crippen LogP contribution in [0.4, 0.5) is 10.1 Å². The topological polar surface area (TPSA) is 68.8 Å². The molecule has 152 valence electrons. The summed E-state index contributed by atoms with van der Waals surface area (Å²) in [6.45, 7) is 1.19. The minimum atomic E-state index is -0.249. The predicted octanol–water partition coefficient (Wildman–Crippen LogP) is 2.81. The summed E-state index contributed by atoms with van der Waals surface area (Å²) in [5.41, 5.74) is 2.31. The molecule has 0 aromatic heterocycles. The van der Waals surface area contributed by atoms with Crippen LogP contribution in [0.2, 0.25) is 0 Å². The zero-order valence-electron chi connectivity index (χ0n) is 16.3. The number of rotatable bonds is 7. The molecule has 2 aromatic rings. The Hall–Kier alpha value is -2.20. The number of anilines is 1. The molecule has 0 aliphatic rings. The molecule has 28 heavy (non-hydrogen) atoms.